The fourth-order valence-corrected chi connectivity index (χ4v) is 3.08. The summed E-state index contributed by atoms with van der Waals surface area (Å²) in [6.45, 7) is 3.65. The van der Waals surface area contributed by atoms with Crippen molar-refractivity contribution in [2.24, 2.45) is 10.7 Å². The molecule has 126 valence electrons. The summed E-state index contributed by atoms with van der Waals surface area (Å²) >= 11 is 0. The van der Waals surface area contributed by atoms with Gasteiger partial charge in [0.25, 0.3) is 5.91 Å². The molecule has 1 aliphatic heterocycles. The van der Waals surface area contributed by atoms with Crippen LogP contribution in [0.25, 0.3) is 10.9 Å². The highest BCUT2D eigenvalue weighted by Gasteiger charge is 2.24. The van der Waals surface area contributed by atoms with E-state index in [-0.39, 0.29) is 17.6 Å². The molecule has 0 unspecified atom stereocenters. The van der Waals surface area contributed by atoms with Gasteiger partial charge in [0.1, 0.15) is 5.69 Å². The average molecular weight is 327 g/mol. The summed E-state index contributed by atoms with van der Waals surface area (Å²) in [5.41, 5.74) is 8.60. The van der Waals surface area contributed by atoms with Crippen molar-refractivity contribution >= 4 is 28.6 Å². The number of nitrogens with one attached hydrogen (secondary N) is 1. The molecule has 2 heterocycles. The predicted octanol–water partition coefficient (Wildman–Crippen LogP) is 0.752. The van der Waals surface area contributed by atoms with E-state index in [2.05, 4.69) is 10.3 Å². The van der Waals surface area contributed by atoms with Gasteiger partial charge in [0, 0.05) is 31.1 Å². The Balaban J connectivity index is 2.23. The predicted molar refractivity (Wildman–Crippen MR) is 93.5 cm³/mol. The molecular formula is C17H21N5O2. The van der Waals surface area contributed by atoms with Crippen molar-refractivity contribution in [3.63, 3.8) is 0 Å². The Bertz CT molecular complexity index is 865. The van der Waals surface area contributed by atoms with Gasteiger partial charge < -0.3 is 10.3 Å². The van der Waals surface area contributed by atoms with Crippen molar-refractivity contribution in [3.05, 3.63) is 35.0 Å². The summed E-state index contributed by atoms with van der Waals surface area (Å²) in [6, 6.07) is 5.59. The molecule has 7 heteroatoms. The van der Waals surface area contributed by atoms with Gasteiger partial charge >= 0.3 is 0 Å². The van der Waals surface area contributed by atoms with Crippen LogP contribution in [0.5, 0.6) is 0 Å². The lowest BCUT2D eigenvalue weighted by molar-refractivity contribution is 0.0932. The third-order valence-corrected chi connectivity index (χ3v) is 4.41. The van der Waals surface area contributed by atoms with Crippen LogP contribution in [0.4, 0.5) is 0 Å². The Hall–Kier alpha value is -2.67. The van der Waals surface area contributed by atoms with Crippen molar-refractivity contribution in [2.75, 3.05) is 27.2 Å². The molecule has 0 atom stereocenters. The number of carbonyl (C=O) groups is 2. The van der Waals surface area contributed by atoms with Gasteiger partial charge in [-0.05, 0) is 31.7 Å². The number of aliphatic imine (C=N–C) groups is 1. The molecule has 0 saturated carbocycles. The smallest absolute Gasteiger partial charge is 0.274 e. The van der Waals surface area contributed by atoms with Gasteiger partial charge in [-0.25, -0.2) is 0 Å². The van der Waals surface area contributed by atoms with Crippen LogP contribution in [0.3, 0.4) is 0 Å². The number of aromatic nitrogens is 1. The molecule has 3 N–H and O–H groups in total. The molecule has 1 aromatic heterocycles. The summed E-state index contributed by atoms with van der Waals surface area (Å²) in [4.78, 5) is 30.9. The van der Waals surface area contributed by atoms with Crippen LogP contribution >= 0.6 is 0 Å². The first-order valence-corrected chi connectivity index (χ1v) is 7.80. The van der Waals surface area contributed by atoms with Crippen LogP contribution in [-0.4, -0.2) is 54.3 Å². The summed E-state index contributed by atoms with van der Waals surface area (Å²) < 4.78 is 1.91. The first-order valence-electron chi connectivity index (χ1n) is 7.80. The van der Waals surface area contributed by atoms with Gasteiger partial charge in [0.2, 0.25) is 0 Å². The summed E-state index contributed by atoms with van der Waals surface area (Å²) in [6.07, 6.45) is 0. The molecule has 7 nitrogen and oxygen atoms in total. The van der Waals surface area contributed by atoms with Crippen molar-refractivity contribution in [2.45, 2.75) is 13.5 Å². The second-order valence-electron chi connectivity index (χ2n) is 6.10. The molecule has 0 aliphatic carbocycles. The number of likely N-dealkylation sites (N-methyl/N-ethyl adjacent to an activating group) is 1. The Morgan fingerprint density at radius 2 is 2.08 bits per heavy atom. The minimum absolute atomic E-state index is 0.0585. The van der Waals surface area contributed by atoms with Gasteiger partial charge in [-0.1, -0.05) is 6.07 Å². The van der Waals surface area contributed by atoms with Crippen molar-refractivity contribution in [3.8, 4) is 0 Å². The first-order chi connectivity index (χ1) is 11.4. The van der Waals surface area contributed by atoms with Crippen LogP contribution in [0.2, 0.25) is 0 Å². The Morgan fingerprint density at radius 3 is 2.79 bits per heavy atom. The van der Waals surface area contributed by atoms with E-state index in [4.69, 9.17) is 5.73 Å². The Morgan fingerprint density at radius 1 is 1.33 bits per heavy atom. The normalized spacial score (nSPS) is 16.1. The van der Waals surface area contributed by atoms with Crippen LogP contribution in [0.1, 0.15) is 26.4 Å². The van der Waals surface area contributed by atoms with Gasteiger partial charge in [-0.15, -0.1) is 0 Å². The third kappa shape index (κ3) is 2.67. The number of benzene rings is 1. The van der Waals surface area contributed by atoms with Crippen LogP contribution in [-0.2, 0) is 6.54 Å². The molecule has 0 saturated heterocycles. The highest BCUT2D eigenvalue weighted by atomic mass is 16.2. The lowest BCUT2D eigenvalue weighted by atomic mass is 10.0. The number of hydrogen-bond donors (Lipinski definition) is 2. The monoisotopic (exact) mass is 327 g/mol. The van der Waals surface area contributed by atoms with Gasteiger partial charge in [0.15, 0.2) is 11.7 Å². The average Bonchev–Trinajstić information content (AvgIpc) is 2.92. The lowest BCUT2D eigenvalue weighted by Crippen LogP contribution is -2.38. The van der Waals surface area contributed by atoms with E-state index < -0.39 is 0 Å². The summed E-state index contributed by atoms with van der Waals surface area (Å²) in [5, 5.41) is 3.49. The molecule has 1 aliphatic rings. The molecular weight excluding hydrogens is 306 g/mol. The summed E-state index contributed by atoms with van der Waals surface area (Å²) in [5.74, 6) is -0.201. The minimum Gasteiger partial charge on any atom is -0.370 e. The van der Waals surface area contributed by atoms with Crippen LogP contribution in [0.15, 0.2) is 23.2 Å². The molecule has 1 amide bonds. The van der Waals surface area contributed by atoms with E-state index >= 15 is 0 Å². The third-order valence-electron chi connectivity index (χ3n) is 4.41. The fourth-order valence-electron chi connectivity index (χ4n) is 3.08. The molecule has 0 radical (unpaired) electrons. The number of nitrogens with two attached hydrogens (primary N) is 1. The van der Waals surface area contributed by atoms with E-state index in [1.165, 1.54) is 7.05 Å². The summed E-state index contributed by atoms with van der Waals surface area (Å²) in [7, 11) is 3.42. The van der Waals surface area contributed by atoms with Crippen LogP contribution in [0, 0.1) is 6.92 Å². The molecule has 3 rings (SSSR count). The second-order valence-corrected chi connectivity index (χ2v) is 6.10. The van der Waals surface area contributed by atoms with Gasteiger partial charge in [-0.3, -0.25) is 24.8 Å². The number of amides is 1. The Labute approximate surface area is 140 Å². The topological polar surface area (TPSA) is 92.7 Å². The zero-order chi connectivity index (χ0) is 17.4. The quantitative estimate of drug-likeness (QED) is 0.597. The number of nitrogens with zero attached hydrogens (tertiary/aromatic N) is 3. The van der Waals surface area contributed by atoms with Crippen LogP contribution < -0.4 is 11.1 Å². The molecule has 0 bridgehead atoms. The molecule has 1 aromatic carbocycles. The molecule has 2 aromatic rings. The molecule has 0 spiro atoms. The largest absolute Gasteiger partial charge is 0.370 e. The van der Waals surface area contributed by atoms with Crippen molar-refractivity contribution in [1.82, 2.24) is 14.8 Å². The maximum Gasteiger partial charge on any atom is 0.274 e. The fraction of sp³-hybridized carbons (Fsp3) is 0.353. The van der Waals surface area contributed by atoms with Gasteiger partial charge in [0.05, 0.1) is 12.1 Å². The molecule has 24 heavy (non-hydrogen) atoms. The number of hydrogen-bond acceptors (Lipinski definition) is 4. The van der Waals surface area contributed by atoms with E-state index in [9.17, 15) is 9.59 Å². The van der Waals surface area contributed by atoms with E-state index in [1.807, 2.05) is 41.6 Å². The zero-order valence-corrected chi connectivity index (χ0v) is 14.1. The molecule has 0 fully saturated rings. The minimum atomic E-state index is -0.324. The first kappa shape index (κ1) is 16.2. The maximum atomic E-state index is 12.6. The zero-order valence-electron chi connectivity index (χ0n) is 14.1. The van der Waals surface area contributed by atoms with Crippen molar-refractivity contribution < 1.29 is 9.59 Å². The van der Waals surface area contributed by atoms with E-state index in [0.717, 1.165) is 16.5 Å². The number of rotatable bonds is 1. The highest BCUT2D eigenvalue weighted by Crippen LogP contribution is 2.28. The number of Topliss-reactive ketones (excluding diaryl/α,β-unsaturated/α-hetero) is 1. The highest BCUT2D eigenvalue weighted by molar-refractivity contribution is 6.12. The van der Waals surface area contributed by atoms with Crippen molar-refractivity contribution in [1.29, 1.82) is 0 Å². The number of guanidine groups is 1. The number of aryl methyl sites for hydroxylation is 1. The second kappa shape index (κ2) is 6.09. The maximum absolute atomic E-state index is 12.6. The number of ketones is 1. The SMILES string of the molecule is CN=C(N)NC(=O)c1cc2c(C)ccc3c2n1CCN(C)CC3=O. The van der Waals surface area contributed by atoms with E-state index in [0.29, 0.717) is 30.9 Å². The van der Waals surface area contributed by atoms with Gasteiger partial charge in [-0.2, -0.15) is 0 Å². The number of carbonyl (C=O) groups excluding carboxylic acids is 2. The lowest BCUT2D eigenvalue weighted by Gasteiger charge is -2.22. The standard InChI is InChI=1S/C17H21N5O2/c1-10-4-5-11-14(23)9-21(3)6-7-22-13(8-12(10)15(11)22)16(24)20-17(18)19-2/h4-5,8H,6-7,9H2,1-3H3,(H3,18,19,20,24). The van der Waals surface area contributed by atoms with E-state index in [1.54, 1.807) is 0 Å². The Kier molecular flexibility index (Phi) is 4.11.